The van der Waals surface area contributed by atoms with Gasteiger partial charge in [-0.2, -0.15) is 0 Å². The molecule has 3 rings (SSSR count). The van der Waals surface area contributed by atoms with Crippen LogP contribution < -0.4 is 10.1 Å². The number of rotatable bonds is 6. The second-order valence-corrected chi connectivity index (χ2v) is 7.38. The van der Waals surface area contributed by atoms with E-state index < -0.39 is 10.8 Å². The van der Waals surface area contributed by atoms with Crippen molar-refractivity contribution in [1.82, 2.24) is 4.98 Å². The van der Waals surface area contributed by atoms with Gasteiger partial charge in [0.1, 0.15) is 0 Å². The zero-order valence-corrected chi connectivity index (χ0v) is 16.4. The molecular weight excluding hydrogens is 378 g/mol. The molecule has 0 aliphatic rings. The Labute approximate surface area is 166 Å². The molecular formula is C20H19N3O4S. The molecule has 0 saturated carbocycles. The van der Waals surface area contributed by atoms with Crippen molar-refractivity contribution in [3.63, 3.8) is 0 Å². The van der Waals surface area contributed by atoms with Crippen LogP contribution in [-0.2, 0) is 0 Å². The molecule has 28 heavy (non-hydrogen) atoms. The van der Waals surface area contributed by atoms with Gasteiger partial charge >= 0.3 is 5.69 Å². The number of thiazole rings is 1. The number of anilines is 1. The average molecular weight is 397 g/mol. The Kier molecular flexibility index (Phi) is 5.70. The Morgan fingerprint density at radius 3 is 2.54 bits per heavy atom. The summed E-state index contributed by atoms with van der Waals surface area (Å²) in [5.41, 5.74) is 1.71. The minimum atomic E-state index is -0.580. The summed E-state index contributed by atoms with van der Waals surface area (Å²) in [5, 5.41) is 14.4. The molecule has 7 nitrogen and oxygen atoms in total. The molecule has 8 heteroatoms. The molecule has 0 bridgehead atoms. The maximum Gasteiger partial charge on any atom is 0.311 e. The van der Waals surface area contributed by atoms with Gasteiger partial charge in [-0.15, -0.1) is 11.3 Å². The number of nitrogens with zero attached hydrogens (tertiary/aromatic N) is 2. The lowest BCUT2D eigenvalue weighted by Gasteiger charge is -2.05. The van der Waals surface area contributed by atoms with E-state index in [2.05, 4.69) is 24.1 Å². The minimum Gasteiger partial charge on any atom is -0.490 e. The fourth-order valence-electron chi connectivity index (χ4n) is 2.72. The van der Waals surface area contributed by atoms with Crippen molar-refractivity contribution < 1.29 is 14.5 Å². The monoisotopic (exact) mass is 397 g/mol. The van der Waals surface area contributed by atoms with Gasteiger partial charge in [0.05, 0.1) is 17.7 Å². The third-order valence-corrected chi connectivity index (χ3v) is 5.35. The zero-order valence-electron chi connectivity index (χ0n) is 15.6. The van der Waals surface area contributed by atoms with Crippen LogP contribution in [0.15, 0.2) is 48.5 Å². The van der Waals surface area contributed by atoms with Crippen LogP contribution in [-0.4, -0.2) is 22.9 Å². The maximum absolute atomic E-state index is 12.6. The predicted molar refractivity (Wildman–Crippen MR) is 109 cm³/mol. The Hall–Kier alpha value is -3.26. The lowest BCUT2D eigenvalue weighted by molar-refractivity contribution is -0.385. The largest absolute Gasteiger partial charge is 0.490 e. The highest BCUT2D eigenvalue weighted by molar-refractivity contribution is 7.16. The first-order chi connectivity index (χ1) is 13.4. The number of nitro groups is 1. The summed E-state index contributed by atoms with van der Waals surface area (Å²) in [7, 11) is 1.34. The molecule has 1 N–H and O–H groups in total. The van der Waals surface area contributed by atoms with Gasteiger partial charge in [0.2, 0.25) is 0 Å². The molecule has 1 heterocycles. The van der Waals surface area contributed by atoms with E-state index in [0.29, 0.717) is 5.13 Å². The molecule has 0 saturated heterocycles. The molecule has 0 aliphatic carbocycles. The van der Waals surface area contributed by atoms with Gasteiger partial charge in [0.15, 0.2) is 10.9 Å². The quantitative estimate of drug-likeness (QED) is 0.461. The van der Waals surface area contributed by atoms with Gasteiger partial charge < -0.3 is 4.74 Å². The molecule has 1 aromatic heterocycles. The van der Waals surface area contributed by atoms with E-state index in [4.69, 9.17) is 4.74 Å². The smallest absolute Gasteiger partial charge is 0.311 e. The van der Waals surface area contributed by atoms with Crippen LogP contribution in [0.2, 0.25) is 0 Å². The number of carbonyl (C=O) groups excluding carboxylic acids is 1. The molecule has 3 aromatic rings. The van der Waals surface area contributed by atoms with Crippen molar-refractivity contribution in [1.29, 1.82) is 0 Å². The lowest BCUT2D eigenvalue weighted by Crippen LogP contribution is -2.12. The Balaban J connectivity index is 1.91. The summed E-state index contributed by atoms with van der Waals surface area (Å²) in [6.07, 6.45) is 0. The van der Waals surface area contributed by atoms with Crippen molar-refractivity contribution in [3.8, 4) is 17.0 Å². The van der Waals surface area contributed by atoms with Crippen LogP contribution in [0.4, 0.5) is 10.8 Å². The van der Waals surface area contributed by atoms with Gasteiger partial charge in [-0.25, -0.2) is 4.98 Å². The highest BCUT2D eigenvalue weighted by Crippen LogP contribution is 2.36. The Bertz CT molecular complexity index is 1020. The number of methoxy groups -OCH3 is 1. The number of aromatic nitrogens is 1. The van der Waals surface area contributed by atoms with Gasteiger partial charge in [0, 0.05) is 22.1 Å². The van der Waals surface area contributed by atoms with Crippen molar-refractivity contribution in [3.05, 3.63) is 69.1 Å². The summed E-state index contributed by atoms with van der Waals surface area (Å²) < 4.78 is 4.97. The highest BCUT2D eigenvalue weighted by atomic mass is 32.1. The number of hydrogen-bond donors (Lipinski definition) is 1. The molecule has 0 radical (unpaired) electrons. The fraction of sp³-hybridized carbons (Fsp3) is 0.200. The highest BCUT2D eigenvalue weighted by Gasteiger charge is 2.21. The van der Waals surface area contributed by atoms with E-state index >= 15 is 0 Å². The third-order valence-electron chi connectivity index (χ3n) is 4.08. The minimum absolute atomic E-state index is 0.101. The molecule has 0 aliphatic heterocycles. The number of hydrogen-bond acceptors (Lipinski definition) is 6. The average Bonchev–Trinajstić information content (AvgIpc) is 3.12. The van der Waals surface area contributed by atoms with Crippen LogP contribution in [0.5, 0.6) is 5.75 Å². The number of benzene rings is 2. The van der Waals surface area contributed by atoms with Gasteiger partial charge in [-0.1, -0.05) is 44.2 Å². The van der Waals surface area contributed by atoms with Crippen molar-refractivity contribution in [2.75, 3.05) is 12.4 Å². The van der Waals surface area contributed by atoms with Crippen LogP contribution >= 0.6 is 11.3 Å². The Morgan fingerprint density at radius 1 is 1.21 bits per heavy atom. The second kappa shape index (κ2) is 8.18. The standard InChI is InChI=1S/C20H19N3O4S/c1-12(2)18-17(13-7-5-4-6-8-13)21-20(28-18)22-19(24)14-9-10-16(27-3)15(11-14)23(25)26/h4-12H,1-3H3,(H,21,22,24). The van der Waals surface area contributed by atoms with Crippen molar-refractivity contribution in [2.24, 2.45) is 0 Å². The first-order valence-electron chi connectivity index (χ1n) is 8.60. The summed E-state index contributed by atoms with van der Waals surface area (Å²) >= 11 is 1.40. The van der Waals surface area contributed by atoms with E-state index in [9.17, 15) is 14.9 Å². The van der Waals surface area contributed by atoms with Gasteiger partial charge in [-0.05, 0) is 18.1 Å². The molecule has 0 spiro atoms. The summed E-state index contributed by atoms with van der Waals surface area (Å²) in [6.45, 7) is 4.14. The third kappa shape index (κ3) is 4.01. The lowest BCUT2D eigenvalue weighted by atomic mass is 10.1. The van der Waals surface area contributed by atoms with Crippen LogP contribution in [0.1, 0.15) is 35.0 Å². The van der Waals surface area contributed by atoms with Crippen LogP contribution in [0.25, 0.3) is 11.3 Å². The van der Waals surface area contributed by atoms with E-state index in [-0.39, 0.29) is 22.9 Å². The van der Waals surface area contributed by atoms with E-state index in [0.717, 1.165) is 16.1 Å². The van der Waals surface area contributed by atoms with Crippen molar-refractivity contribution in [2.45, 2.75) is 19.8 Å². The van der Waals surface area contributed by atoms with Crippen LogP contribution in [0, 0.1) is 10.1 Å². The summed E-state index contributed by atoms with van der Waals surface area (Å²) in [6, 6.07) is 13.8. The van der Waals surface area contributed by atoms with Gasteiger partial charge in [-0.3, -0.25) is 20.2 Å². The molecule has 0 atom stereocenters. The normalized spacial score (nSPS) is 10.7. The zero-order chi connectivity index (χ0) is 20.3. The molecule has 1 amide bonds. The molecule has 144 valence electrons. The topological polar surface area (TPSA) is 94.4 Å². The first kappa shape index (κ1) is 19.5. The molecule has 2 aromatic carbocycles. The van der Waals surface area contributed by atoms with Gasteiger partial charge in [0.25, 0.3) is 5.91 Å². The van der Waals surface area contributed by atoms with Crippen molar-refractivity contribution >= 4 is 28.1 Å². The van der Waals surface area contributed by atoms with E-state index in [1.807, 2.05) is 30.3 Å². The Morgan fingerprint density at radius 2 is 1.93 bits per heavy atom. The number of carbonyl (C=O) groups is 1. The second-order valence-electron chi connectivity index (χ2n) is 6.35. The number of amides is 1. The fourth-order valence-corrected chi connectivity index (χ4v) is 3.71. The predicted octanol–water partition coefficient (Wildman–Crippen LogP) is 5.10. The summed E-state index contributed by atoms with van der Waals surface area (Å²) in [5.74, 6) is -0.126. The SMILES string of the molecule is COc1ccc(C(=O)Nc2nc(-c3ccccc3)c(C(C)C)s2)cc1[N+](=O)[O-]. The number of nitro benzene ring substituents is 1. The molecule has 0 fully saturated rings. The maximum atomic E-state index is 12.6. The first-order valence-corrected chi connectivity index (χ1v) is 9.42. The van der Waals surface area contributed by atoms with E-state index in [1.165, 1.54) is 36.6 Å². The van der Waals surface area contributed by atoms with E-state index in [1.54, 1.807) is 0 Å². The summed E-state index contributed by atoms with van der Waals surface area (Å²) in [4.78, 5) is 28.8. The molecule has 0 unspecified atom stereocenters. The number of ether oxygens (including phenoxy) is 1. The number of nitrogens with one attached hydrogen (secondary N) is 1. The van der Waals surface area contributed by atoms with Crippen LogP contribution in [0.3, 0.4) is 0 Å².